The number of hydrogen-bond acceptors (Lipinski definition) is 2. The van der Waals surface area contributed by atoms with Crippen LogP contribution in [0.1, 0.15) is 33.1 Å². The lowest BCUT2D eigenvalue weighted by Gasteiger charge is -2.34. The monoisotopic (exact) mass is 171 g/mol. The van der Waals surface area contributed by atoms with Crippen LogP contribution in [0.5, 0.6) is 0 Å². The molecule has 1 aliphatic rings. The molecule has 1 rings (SSSR count). The first kappa shape index (κ1) is 10.0. The van der Waals surface area contributed by atoms with Crippen molar-refractivity contribution < 1.29 is 4.74 Å². The van der Waals surface area contributed by atoms with E-state index in [2.05, 4.69) is 19.2 Å². The van der Waals surface area contributed by atoms with Crippen LogP contribution < -0.4 is 5.32 Å². The Kier molecular flexibility index (Phi) is 4.62. The van der Waals surface area contributed by atoms with Gasteiger partial charge in [-0.05, 0) is 32.2 Å². The minimum atomic E-state index is 0.615. The third-order valence-electron chi connectivity index (χ3n) is 2.69. The second-order valence-corrected chi connectivity index (χ2v) is 3.51. The van der Waals surface area contributed by atoms with Crippen molar-refractivity contribution in [1.29, 1.82) is 0 Å². The number of hydrogen-bond donors (Lipinski definition) is 1. The molecule has 72 valence electrons. The first-order valence-electron chi connectivity index (χ1n) is 5.19. The summed E-state index contributed by atoms with van der Waals surface area (Å²) in [6, 6.07) is 0.615. The van der Waals surface area contributed by atoms with E-state index in [1.807, 2.05) is 0 Å². The van der Waals surface area contributed by atoms with Gasteiger partial charge in [-0.2, -0.15) is 0 Å². The van der Waals surface area contributed by atoms with Crippen molar-refractivity contribution in [2.45, 2.75) is 39.2 Å². The zero-order valence-electron chi connectivity index (χ0n) is 8.31. The largest absolute Gasteiger partial charge is 0.380 e. The van der Waals surface area contributed by atoms with Gasteiger partial charge in [0.15, 0.2) is 0 Å². The molecule has 0 bridgehead atoms. The summed E-state index contributed by atoms with van der Waals surface area (Å²) in [5.74, 6) is 0.886. The van der Waals surface area contributed by atoms with Gasteiger partial charge in [-0.15, -0.1) is 0 Å². The molecule has 2 heteroatoms. The van der Waals surface area contributed by atoms with Crippen LogP contribution >= 0.6 is 0 Å². The summed E-state index contributed by atoms with van der Waals surface area (Å²) in [5.41, 5.74) is 0. The van der Waals surface area contributed by atoms with Gasteiger partial charge < -0.3 is 10.1 Å². The average molecular weight is 171 g/mol. The van der Waals surface area contributed by atoms with Crippen LogP contribution in [-0.4, -0.2) is 25.8 Å². The first-order valence-corrected chi connectivity index (χ1v) is 5.19. The van der Waals surface area contributed by atoms with E-state index in [0.29, 0.717) is 6.04 Å². The van der Waals surface area contributed by atoms with Gasteiger partial charge >= 0.3 is 0 Å². The smallest absolute Gasteiger partial charge is 0.0622 e. The molecule has 12 heavy (non-hydrogen) atoms. The Morgan fingerprint density at radius 1 is 1.42 bits per heavy atom. The summed E-state index contributed by atoms with van der Waals surface area (Å²) in [6.07, 6.45) is 4.20. The highest BCUT2D eigenvalue weighted by molar-refractivity contribution is 4.82. The number of ether oxygens (including phenoxy) is 1. The van der Waals surface area contributed by atoms with Gasteiger partial charge in [0.1, 0.15) is 0 Å². The van der Waals surface area contributed by atoms with Crippen molar-refractivity contribution >= 4 is 0 Å². The van der Waals surface area contributed by atoms with Crippen LogP contribution in [-0.2, 0) is 4.74 Å². The highest BCUT2D eigenvalue weighted by Gasteiger charge is 2.26. The minimum absolute atomic E-state index is 0.615. The van der Waals surface area contributed by atoms with E-state index in [1.165, 1.54) is 19.3 Å². The molecule has 2 nitrogen and oxygen atoms in total. The molecule has 0 aromatic heterocycles. The van der Waals surface area contributed by atoms with Gasteiger partial charge in [-0.1, -0.05) is 13.3 Å². The van der Waals surface area contributed by atoms with Crippen LogP contribution in [0.3, 0.4) is 0 Å². The van der Waals surface area contributed by atoms with Crippen LogP contribution in [0.4, 0.5) is 0 Å². The summed E-state index contributed by atoms with van der Waals surface area (Å²) in [5, 5.41) is 3.49. The third-order valence-corrected chi connectivity index (χ3v) is 2.69. The van der Waals surface area contributed by atoms with Crippen molar-refractivity contribution in [2.75, 3.05) is 19.8 Å². The van der Waals surface area contributed by atoms with Gasteiger partial charge in [-0.3, -0.25) is 0 Å². The molecule has 1 fully saturated rings. The lowest BCUT2D eigenvalue weighted by atomic mass is 9.80. The van der Waals surface area contributed by atoms with E-state index >= 15 is 0 Å². The fraction of sp³-hybridized carbons (Fsp3) is 1.00. The lowest BCUT2D eigenvalue weighted by Crippen LogP contribution is -2.42. The van der Waals surface area contributed by atoms with Gasteiger partial charge in [0.2, 0.25) is 0 Å². The predicted octanol–water partition coefficient (Wildman–Crippen LogP) is 1.80. The highest BCUT2D eigenvalue weighted by atomic mass is 16.5. The topological polar surface area (TPSA) is 21.3 Å². The average Bonchev–Trinajstić information content (AvgIpc) is 1.97. The Hall–Kier alpha value is -0.0800. The molecule has 0 radical (unpaired) electrons. The van der Waals surface area contributed by atoms with Crippen LogP contribution in [0.15, 0.2) is 0 Å². The molecule has 0 amide bonds. The molecular formula is C10H21NO. The summed E-state index contributed by atoms with van der Waals surface area (Å²) in [6.45, 7) is 7.03. The maximum absolute atomic E-state index is 5.44. The molecule has 1 atom stereocenters. The molecule has 0 aromatic rings. The van der Waals surface area contributed by atoms with E-state index in [4.69, 9.17) is 4.74 Å². The number of rotatable bonds is 6. The van der Waals surface area contributed by atoms with E-state index in [0.717, 1.165) is 25.7 Å². The van der Waals surface area contributed by atoms with Gasteiger partial charge in [0.25, 0.3) is 0 Å². The Morgan fingerprint density at radius 3 is 2.58 bits per heavy atom. The molecular weight excluding hydrogens is 150 g/mol. The molecule has 0 heterocycles. The van der Waals surface area contributed by atoms with E-state index in [9.17, 15) is 0 Å². The van der Waals surface area contributed by atoms with Crippen molar-refractivity contribution in [3.63, 3.8) is 0 Å². The van der Waals surface area contributed by atoms with Crippen molar-refractivity contribution in [3.05, 3.63) is 0 Å². The molecule has 0 aliphatic heterocycles. The second kappa shape index (κ2) is 5.55. The molecule has 1 aliphatic carbocycles. The minimum Gasteiger partial charge on any atom is -0.380 e. The maximum Gasteiger partial charge on any atom is 0.0622 e. The Balaban J connectivity index is 2.17. The Labute approximate surface area is 75.7 Å². The fourth-order valence-corrected chi connectivity index (χ4v) is 1.71. The molecule has 1 N–H and O–H groups in total. The third kappa shape index (κ3) is 2.76. The second-order valence-electron chi connectivity index (χ2n) is 3.51. The molecule has 1 unspecified atom stereocenters. The van der Waals surface area contributed by atoms with Crippen molar-refractivity contribution in [3.8, 4) is 0 Å². The molecule has 0 aromatic carbocycles. The lowest BCUT2D eigenvalue weighted by molar-refractivity contribution is 0.0831. The number of nitrogens with one attached hydrogen (secondary N) is 1. The zero-order valence-corrected chi connectivity index (χ0v) is 8.31. The zero-order chi connectivity index (χ0) is 8.81. The quantitative estimate of drug-likeness (QED) is 0.658. The standard InChI is InChI=1S/C10H21NO/c1-3-11-10(8-12-4-2)9-6-5-7-9/h9-11H,3-8H2,1-2H3. The normalized spacial score (nSPS) is 20.5. The Morgan fingerprint density at radius 2 is 2.17 bits per heavy atom. The Bertz CT molecular complexity index is 112. The SMILES string of the molecule is CCNC(COCC)C1CCC1. The molecule has 0 saturated heterocycles. The predicted molar refractivity (Wildman–Crippen MR) is 51.3 cm³/mol. The summed E-state index contributed by atoms with van der Waals surface area (Å²) in [4.78, 5) is 0. The van der Waals surface area contributed by atoms with Crippen molar-refractivity contribution in [2.24, 2.45) is 5.92 Å². The first-order chi connectivity index (χ1) is 5.88. The van der Waals surface area contributed by atoms with E-state index in [1.54, 1.807) is 0 Å². The van der Waals surface area contributed by atoms with Crippen LogP contribution in [0, 0.1) is 5.92 Å². The summed E-state index contributed by atoms with van der Waals surface area (Å²) >= 11 is 0. The highest BCUT2D eigenvalue weighted by Crippen LogP contribution is 2.29. The van der Waals surface area contributed by atoms with Crippen LogP contribution in [0.25, 0.3) is 0 Å². The van der Waals surface area contributed by atoms with E-state index in [-0.39, 0.29) is 0 Å². The fourth-order valence-electron chi connectivity index (χ4n) is 1.71. The number of likely N-dealkylation sites (N-methyl/N-ethyl adjacent to an activating group) is 1. The summed E-state index contributed by atoms with van der Waals surface area (Å²) in [7, 11) is 0. The van der Waals surface area contributed by atoms with Crippen molar-refractivity contribution in [1.82, 2.24) is 5.32 Å². The van der Waals surface area contributed by atoms with Crippen LogP contribution in [0.2, 0.25) is 0 Å². The van der Waals surface area contributed by atoms with E-state index < -0.39 is 0 Å². The summed E-state index contributed by atoms with van der Waals surface area (Å²) < 4.78 is 5.44. The van der Waals surface area contributed by atoms with Gasteiger partial charge in [0, 0.05) is 12.6 Å². The molecule has 0 spiro atoms. The molecule has 1 saturated carbocycles. The van der Waals surface area contributed by atoms with Gasteiger partial charge in [-0.25, -0.2) is 0 Å². The maximum atomic E-state index is 5.44. The van der Waals surface area contributed by atoms with Gasteiger partial charge in [0.05, 0.1) is 6.61 Å².